The third-order valence-corrected chi connectivity index (χ3v) is 9.99. The van der Waals surface area contributed by atoms with Crippen LogP contribution >= 0.6 is 22.7 Å². The number of nitrogens with two attached hydrogens (primary N) is 1. The van der Waals surface area contributed by atoms with Crippen LogP contribution in [0.1, 0.15) is 78.4 Å². The summed E-state index contributed by atoms with van der Waals surface area (Å²) in [5.74, 6) is -1.39. The van der Waals surface area contributed by atoms with E-state index in [0.717, 1.165) is 38.6 Å². The maximum absolute atomic E-state index is 12.4. The molecule has 12 heteroatoms. The molecule has 0 aliphatic carbocycles. The highest BCUT2D eigenvalue weighted by Crippen LogP contribution is 2.26. The van der Waals surface area contributed by atoms with Gasteiger partial charge in [-0.25, -0.2) is 14.8 Å². The van der Waals surface area contributed by atoms with Gasteiger partial charge in [0, 0.05) is 27.5 Å². The number of aromatic nitrogens is 2. The Kier molecular flexibility index (Phi) is 15.7. The number of Topliss-reactive ketones (excluding diaryl/α,β-unsaturated/α-hetero) is 1. The summed E-state index contributed by atoms with van der Waals surface area (Å²) in [5, 5.41) is 19.3. The van der Waals surface area contributed by atoms with Crippen LogP contribution in [0, 0.1) is 0 Å². The summed E-state index contributed by atoms with van der Waals surface area (Å²) in [6, 6.07) is 34.3. The minimum Gasteiger partial charge on any atom is -0.478 e. The van der Waals surface area contributed by atoms with Crippen molar-refractivity contribution in [2.45, 2.75) is 58.8 Å². The van der Waals surface area contributed by atoms with Crippen molar-refractivity contribution in [3.8, 4) is 22.5 Å². The number of hydrogen-bond donors (Lipinski definition) is 4. The SMILES string of the molecule is CC(C)(C)c1cccc(C(=O)NCC(=O)Cc2nc(-c3ccccc3)cs2)c1.CC(C)(C)c1cccc(C(=O)O)c1.NCC(=O)Nc1nc(-c2ccccc2)cs1. The first-order valence-electron chi connectivity index (χ1n) is 18.3. The lowest BCUT2D eigenvalue weighted by molar-refractivity contribution is -0.117. The molecule has 296 valence electrons. The molecule has 0 spiro atoms. The number of carboxylic acid groups (broad SMARTS) is 1. The van der Waals surface area contributed by atoms with Crippen LogP contribution < -0.4 is 16.4 Å². The Morgan fingerprint density at radius 3 is 1.70 bits per heavy atom. The number of aromatic carboxylic acids is 1. The highest BCUT2D eigenvalue weighted by molar-refractivity contribution is 7.14. The van der Waals surface area contributed by atoms with Gasteiger partial charge in [0.1, 0.15) is 5.01 Å². The maximum atomic E-state index is 12.4. The number of nitrogens with one attached hydrogen (secondary N) is 2. The molecule has 2 amide bonds. The smallest absolute Gasteiger partial charge is 0.335 e. The van der Waals surface area contributed by atoms with Gasteiger partial charge in [0.2, 0.25) is 5.91 Å². The van der Waals surface area contributed by atoms with Crippen LogP contribution in [-0.2, 0) is 26.8 Å². The van der Waals surface area contributed by atoms with Crippen molar-refractivity contribution in [1.82, 2.24) is 15.3 Å². The van der Waals surface area contributed by atoms with Crippen LogP contribution in [0.2, 0.25) is 0 Å². The molecule has 0 aliphatic heterocycles. The molecule has 10 nitrogen and oxygen atoms in total. The number of benzene rings is 4. The topological polar surface area (TPSA) is 164 Å². The largest absolute Gasteiger partial charge is 0.478 e. The quantitative estimate of drug-likeness (QED) is 0.107. The summed E-state index contributed by atoms with van der Waals surface area (Å²) in [6.45, 7) is 12.5. The minimum absolute atomic E-state index is 0.00116. The van der Waals surface area contributed by atoms with Gasteiger partial charge in [-0.05, 0) is 46.2 Å². The van der Waals surface area contributed by atoms with Gasteiger partial charge in [-0.1, -0.05) is 126 Å². The van der Waals surface area contributed by atoms with Gasteiger partial charge in [0.15, 0.2) is 10.9 Å². The number of amides is 2. The zero-order valence-corrected chi connectivity index (χ0v) is 34.7. The fraction of sp³-hybridized carbons (Fsp3) is 0.244. The van der Waals surface area contributed by atoms with Crippen molar-refractivity contribution in [3.63, 3.8) is 0 Å². The molecule has 6 rings (SSSR count). The van der Waals surface area contributed by atoms with E-state index in [2.05, 4.69) is 62.1 Å². The number of anilines is 1. The number of hydrogen-bond acceptors (Lipinski definition) is 9. The number of nitrogens with zero attached hydrogens (tertiary/aromatic N) is 2. The van der Waals surface area contributed by atoms with E-state index in [1.807, 2.05) is 95.7 Å². The van der Waals surface area contributed by atoms with E-state index < -0.39 is 5.97 Å². The van der Waals surface area contributed by atoms with Crippen molar-refractivity contribution in [2.24, 2.45) is 5.73 Å². The van der Waals surface area contributed by atoms with Gasteiger partial charge in [-0.2, -0.15) is 0 Å². The Bertz CT molecular complexity index is 2250. The van der Waals surface area contributed by atoms with E-state index in [-0.39, 0.29) is 47.9 Å². The van der Waals surface area contributed by atoms with Crippen molar-refractivity contribution in [3.05, 3.63) is 147 Å². The molecule has 2 aromatic heterocycles. The van der Waals surface area contributed by atoms with Gasteiger partial charge in [-0.3, -0.25) is 14.4 Å². The van der Waals surface area contributed by atoms with E-state index in [9.17, 15) is 19.2 Å². The lowest BCUT2D eigenvalue weighted by Crippen LogP contribution is -2.30. The summed E-state index contributed by atoms with van der Waals surface area (Å²) in [7, 11) is 0. The number of carboxylic acids is 1. The van der Waals surface area contributed by atoms with E-state index in [1.54, 1.807) is 24.3 Å². The molecule has 0 bridgehead atoms. The zero-order chi connectivity index (χ0) is 41.6. The average molecular weight is 804 g/mol. The molecule has 0 aliphatic rings. The third kappa shape index (κ3) is 14.0. The van der Waals surface area contributed by atoms with Crippen LogP contribution in [0.5, 0.6) is 0 Å². The molecule has 2 heterocycles. The molecule has 0 atom stereocenters. The molecule has 6 aromatic rings. The number of carbonyl (C=O) groups excluding carboxylic acids is 3. The number of ketones is 1. The Labute approximate surface area is 342 Å². The van der Waals surface area contributed by atoms with Gasteiger partial charge in [0.05, 0.1) is 36.5 Å². The Hall–Kier alpha value is -5.82. The fourth-order valence-electron chi connectivity index (χ4n) is 5.13. The zero-order valence-electron chi connectivity index (χ0n) is 33.0. The predicted octanol–water partition coefficient (Wildman–Crippen LogP) is 9.04. The summed E-state index contributed by atoms with van der Waals surface area (Å²) < 4.78 is 0. The number of rotatable bonds is 10. The second-order valence-corrected chi connectivity index (χ2v) is 16.8. The molecule has 5 N–H and O–H groups in total. The second kappa shape index (κ2) is 20.4. The molecule has 57 heavy (non-hydrogen) atoms. The van der Waals surface area contributed by atoms with Gasteiger partial charge in [-0.15, -0.1) is 22.7 Å². The molecule has 0 unspecified atom stereocenters. The van der Waals surface area contributed by atoms with Crippen molar-refractivity contribution < 1.29 is 24.3 Å². The van der Waals surface area contributed by atoms with E-state index in [0.29, 0.717) is 16.3 Å². The van der Waals surface area contributed by atoms with Crippen LogP contribution in [0.15, 0.2) is 120 Å². The molecule has 0 saturated carbocycles. The first-order chi connectivity index (χ1) is 27.0. The first-order valence-corrected chi connectivity index (χ1v) is 20.0. The van der Waals surface area contributed by atoms with Crippen LogP contribution in [0.25, 0.3) is 22.5 Å². The van der Waals surface area contributed by atoms with Crippen molar-refractivity contribution in [1.29, 1.82) is 0 Å². The molecule has 4 aromatic carbocycles. The van der Waals surface area contributed by atoms with Crippen LogP contribution in [-0.4, -0.2) is 51.7 Å². The summed E-state index contributed by atoms with van der Waals surface area (Å²) in [6.07, 6.45) is 0.222. The van der Waals surface area contributed by atoms with E-state index in [4.69, 9.17) is 10.8 Å². The minimum atomic E-state index is -0.869. The maximum Gasteiger partial charge on any atom is 0.335 e. The first kappa shape index (κ1) is 43.9. The third-order valence-electron chi connectivity index (χ3n) is 8.39. The fourth-order valence-corrected chi connectivity index (χ4v) is 6.70. The summed E-state index contributed by atoms with van der Waals surface area (Å²) >= 11 is 2.85. The summed E-state index contributed by atoms with van der Waals surface area (Å²) in [5.41, 5.74) is 12.0. The highest BCUT2D eigenvalue weighted by atomic mass is 32.1. The van der Waals surface area contributed by atoms with Crippen molar-refractivity contribution in [2.75, 3.05) is 18.4 Å². The second-order valence-electron chi connectivity index (χ2n) is 15.0. The molecule has 0 radical (unpaired) electrons. The Balaban J connectivity index is 0.000000209. The van der Waals surface area contributed by atoms with Crippen LogP contribution in [0.4, 0.5) is 5.13 Å². The van der Waals surface area contributed by atoms with Gasteiger partial charge < -0.3 is 21.5 Å². The number of carbonyl (C=O) groups is 4. The van der Waals surface area contributed by atoms with E-state index in [1.165, 1.54) is 22.7 Å². The number of thiazole rings is 2. The lowest BCUT2D eigenvalue weighted by atomic mass is 9.86. The highest BCUT2D eigenvalue weighted by Gasteiger charge is 2.17. The van der Waals surface area contributed by atoms with Crippen molar-refractivity contribution >= 4 is 51.4 Å². The molecular formula is C45H49N5O5S2. The molecule has 0 saturated heterocycles. The standard InChI is InChI=1S/C23H24N2O2S.C11H11N3OS.C11H14O2/c1-23(2,3)18-11-7-10-17(12-18)22(27)24-14-19(26)13-21-25-20(15-28-21)16-8-5-4-6-9-16;12-6-10(15)14-11-13-9(7-16-11)8-4-2-1-3-5-8;1-11(2,3)9-6-4-5-8(7-9)10(12)13/h4-12,15H,13-14H2,1-3H3,(H,24,27);1-5,7H,6,12H2,(H,13,14,15);4-7H,1-3H3,(H,12,13). The Morgan fingerprint density at radius 2 is 1.18 bits per heavy atom. The van der Waals surface area contributed by atoms with Crippen LogP contribution in [0.3, 0.4) is 0 Å². The normalized spacial score (nSPS) is 10.9. The predicted molar refractivity (Wildman–Crippen MR) is 231 cm³/mol. The molecule has 0 fully saturated rings. The summed E-state index contributed by atoms with van der Waals surface area (Å²) in [4.78, 5) is 55.2. The average Bonchev–Trinajstić information content (AvgIpc) is 3.87. The van der Waals surface area contributed by atoms with Gasteiger partial charge in [0.25, 0.3) is 5.91 Å². The Morgan fingerprint density at radius 1 is 0.667 bits per heavy atom. The van der Waals surface area contributed by atoms with Gasteiger partial charge >= 0.3 is 5.97 Å². The molecular weight excluding hydrogens is 755 g/mol. The monoisotopic (exact) mass is 803 g/mol. The van der Waals surface area contributed by atoms with E-state index >= 15 is 0 Å². The lowest BCUT2D eigenvalue weighted by Gasteiger charge is -2.19.